The van der Waals surface area contributed by atoms with Crippen LogP contribution in [-0.4, -0.2) is 41.0 Å². The van der Waals surface area contributed by atoms with Crippen molar-refractivity contribution in [2.45, 2.75) is 44.6 Å². The summed E-state index contributed by atoms with van der Waals surface area (Å²) in [6, 6.07) is 0.233. The van der Waals surface area contributed by atoms with E-state index in [-0.39, 0.29) is 23.8 Å². The summed E-state index contributed by atoms with van der Waals surface area (Å²) in [5, 5.41) is 8.93. The van der Waals surface area contributed by atoms with Crippen LogP contribution < -0.4 is 5.73 Å². The number of aliphatic carboxylic acids is 1. The lowest BCUT2D eigenvalue weighted by molar-refractivity contribution is -0.146. The van der Waals surface area contributed by atoms with Crippen molar-refractivity contribution in [2.24, 2.45) is 17.6 Å². The van der Waals surface area contributed by atoms with E-state index in [0.717, 1.165) is 38.8 Å². The molecule has 1 aliphatic carbocycles. The number of piperidine rings is 1. The summed E-state index contributed by atoms with van der Waals surface area (Å²) in [6.07, 6.45) is 4.49. The van der Waals surface area contributed by atoms with Gasteiger partial charge < -0.3 is 15.7 Å². The fraction of sp³-hybridized carbons (Fsp3) is 0.846. The summed E-state index contributed by atoms with van der Waals surface area (Å²) in [5.41, 5.74) is 5.82. The molecule has 2 rings (SSSR count). The maximum atomic E-state index is 12.3. The number of hydrogen-bond donors (Lipinski definition) is 2. The molecule has 1 heterocycles. The zero-order valence-electron chi connectivity index (χ0n) is 10.7. The largest absolute Gasteiger partial charge is 0.481 e. The second-order valence-electron chi connectivity index (χ2n) is 5.55. The van der Waals surface area contributed by atoms with Crippen LogP contribution in [0.4, 0.5) is 0 Å². The molecule has 0 radical (unpaired) electrons. The summed E-state index contributed by atoms with van der Waals surface area (Å²) in [4.78, 5) is 25.0. The Morgan fingerprint density at radius 2 is 1.44 bits per heavy atom. The second kappa shape index (κ2) is 5.69. The molecule has 1 saturated carbocycles. The van der Waals surface area contributed by atoms with Gasteiger partial charge in [0.1, 0.15) is 0 Å². The number of carbonyl (C=O) groups excluding carboxylic acids is 1. The molecule has 0 aromatic rings. The van der Waals surface area contributed by atoms with Gasteiger partial charge in [-0.2, -0.15) is 0 Å². The molecule has 5 nitrogen and oxygen atoms in total. The summed E-state index contributed by atoms with van der Waals surface area (Å²) in [6.45, 7) is 1.53. The monoisotopic (exact) mass is 254 g/mol. The van der Waals surface area contributed by atoms with Crippen molar-refractivity contribution in [3.8, 4) is 0 Å². The molecular weight excluding hydrogens is 232 g/mol. The highest BCUT2D eigenvalue weighted by Gasteiger charge is 2.32. The average molecular weight is 254 g/mol. The van der Waals surface area contributed by atoms with Gasteiger partial charge in [-0.3, -0.25) is 9.59 Å². The molecular formula is C13H22N2O3. The van der Waals surface area contributed by atoms with Gasteiger partial charge >= 0.3 is 5.97 Å². The van der Waals surface area contributed by atoms with E-state index in [1.54, 1.807) is 0 Å². The van der Waals surface area contributed by atoms with E-state index in [1.165, 1.54) is 0 Å². The SMILES string of the molecule is NC1CCN(C(=O)C2CCC(C(=O)O)CC2)CC1. The fourth-order valence-electron chi connectivity index (χ4n) is 2.97. The summed E-state index contributed by atoms with van der Waals surface area (Å²) >= 11 is 0. The van der Waals surface area contributed by atoms with E-state index in [2.05, 4.69) is 0 Å². The summed E-state index contributed by atoms with van der Waals surface area (Å²) in [7, 11) is 0. The van der Waals surface area contributed by atoms with Crippen molar-refractivity contribution >= 4 is 11.9 Å². The molecule has 1 saturated heterocycles. The third-order valence-electron chi connectivity index (χ3n) is 4.28. The van der Waals surface area contributed by atoms with Gasteiger partial charge in [0.2, 0.25) is 5.91 Å². The minimum absolute atomic E-state index is 0.0370. The first-order valence-corrected chi connectivity index (χ1v) is 6.85. The predicted octanol–water partition coefficient (Wildman–Crippen LogP) is 0.827. The predicted molar refractivity (Wildman–Crippen MR) is 66.9 cm³/mol. The Bertz CT molecular complexity index is 316. The third-order valence-corrected chi connectivity index (χ3v) is 4.28. The Morgan fingerprint density at radius 3 is 1.94 bits per heavy atom. The number of likely N-dealkylation sites (tertiary alicyclic amines) is 1. The normalized spacial score (nSPS) is 30.2. The van der Waals surface area contributed by atoms with E-state index >= 15 is 0 Å². The fourth-order valence-corrected chi connectivity index (χ4v) is 2.97. The molecule has 0 spiro atoms. The number of amides is 1. The third kappa shape index (κ3) is 3.02. The highest BCUT2D eigenvalue weighted by molar-refractivity contribution is 5.79. The van der Waals surface area contributed by atoms with Crippen LogP contribution in [0.15, 0.2) is 0 Å². The van der Waals surface area contributed by atoms with Crippen molar-refractivity contribution in [1.29, 1.82) is 0 Å². The number of hydrogen-bond acceptors (Lipinski definition) is 3. The Morgan fingerprint density at radius 1 is 0.944 bits per heavy atom. The van der Waals surface area contributed by atoms with E-state index in [4.69, 9.17) is 10.8 Å². The number of nitrogens with two attached hydrogens (primary N) is 1. The van der Waals surface area contributed by atoms with Crippen molar-refractivity contribution in [1.82, 2.24) is 4.90 Å². The van der Waals surface area contributed by atoms with Gasteiger partial charge in [-0.1, -0.05) is 0 Å². The van der Waals surface area contributed by atoms with Gasteiger partial charge in [-0.25, -0.2) is 0 Å². The van der Waals surface area contributed by atoms with Crippen LogP contribution in [0.5, 0.6) is 0 Å². The summed E-state index contributed by atoms with van der Waals surface area (Å²) in [5.74, 6) is -0.714. The molecule has 0 aromatic heterocycles. The highest BCUT2D eigenvalue weighted by Crippen LogP contribution is 2.30. The lowest BCUT2D eigenvalue weighted by Gasteiger charge is -2.34. The first-order valence-electron chi connectivity index (χ1n) is 6.85. The van der Waals surface area contributed by atoms with Crippen LogP contribution in [0.3, 0.4) is 0 Å². The Hall–Kier alpha value is -1.10. The molecule has 1 amide bonds. The molecule has 0 unspecified atom stereocenters. The minimum Gasteiger partial charge on any atom is -0.481 e. The van der Waals surface area contributed by atoms with Crippen LogP contribution in [-0.2, 0) is 9.59 Å². The van der Waals surface area contributed by atoms with Gasteiger partial charge in [0.15, 0.2) is 0 Å². The highest BCUT2D eigenvalue weighted by atomic mass is 16.4. The molecule has 0 atom stereocenters. The van der Waals surface area contributed by atoms with E-state index in [9.17, 15) is 9.59 Å². The van der Waals surface area contributed by atoms with Crippen LogP contribution >= 0.6 is 0 Å². The topological polar surface area (TPSA) is 83.6 Å². The number of nitrogens with zero attached hydrogens (tertiary/aromatic N) is 1. The molecule has 2 fully saturated rings. The summed E-state index contributed by atoms with van der Waals surface area (Å²) < 4.78 is 0. The molecule has 3 N–H and O–H groups in total. The number of carboxylic acid groups (broad SMARTS) is 1. The number of carbonyl (C=O) groups is 2. The molecule has 1 aliphatic heterocycles. The van der Waals surface area contributed by atoms with Gasteiger partial charge in [0, 0.05) is 25.0 Å². The Kier molecular flexibility index (Phi) is 4.22. The van der Waals surface area contributed by atoms with E-state index < -0.39 is 5.97 Å². The van der Waals surface area contributed by atoms with Crippen LogP contribution in [0.1, 0.15) is 38.5 Å². The molecule has 5 heteroatoms. The Balaban J connectivity index is 1.82. The van der Waals surface area contributed by atoms with Crippen molar-refractivity contribution in [3.05, 3.63) is 0 Å². The number of rotatable bonds is 2. The maximum Gasteiger partial charge on any atom is 0.306 e. The van der Waals surface area contributed by atoms with Crippen molar-refractivity contribution in [2.75, 3.05) is 13.1 Å². The first-order chi connectivity index (χ1) is 8.58. The maximum absolute atomic E-state index is 12.3. The molecule has 102 valence electrons. The van der Waals surface area contributed by atoms with Crippen molar-refractivity contribution < 1.29 is 14.7 Å². The van der Waals surface area contributed by atoms with Gasteiger partial charge in [-0.15, -0.1) is 0 Å². The van der Waals surface area contributed by atoms with Crippen LogP contribution in [0.2, 0.25) is 0 Å². The lowest BCUT2D eigenvalue weighted by atomic mass is 9.81. The molecule has 2 aliphatic rings. The zero-order chi connectivity index (χ0) is 13.1. The second-order valence-corrected chi connectivity index (χ2v) is 5.55. The molecule has 18 heavy (non-hydrogen) atoms. The van der Waals surface area contributed by atoms with Gasteiger partial charge in [-0.05, 0) is 38.5 Å². The van der Waals surface area contributed by atoms with Crippen LogP contribution in [0.25, 0.3) is 0 Å². The van der Waals surface area contributed by atoms with Gasteiger partial charge in [0.25, 0.3) is 0 Å². The molecule has 0 bridgehead atoms. The van der Waals surface area contributed by atoms with Crippen molar-refractivity contribution in [3.63, 3.8) is 0 Å². The van der Waals surface area contributed by atoms with E-state index in [0.29, 0.717) is 12.8 Å². The first kappa shape index (κ1) is 13.3. The average Bonchev–Trinajstić information content (AvgIpc) is 2.39. The standard InChI is InChI=1S/C13H22N2O3/c14-11-5-7-15(8-6-11)12(16)9-1-3-10(4-2-9)13(17)18/h9-11H,1-8,14H2,(H,17,18). The minimum atomic E-state index is -0.718. The van der Waals surface area contributed by atoms with E-state index in [1.807, 2.05) is 4.90 Å². The zero-order valence-corrected chi connectivity index (χ0v) is 10.7. The quantitative estimate of drug-likeness (QED) is 0.764. The van der Waals surface area contributed by atoms with Crippen LogP contribution in [0, 0.1) is 11.8 Å². The molecule has 0 aromatic carbocycles. The Labute approximate surface area is 107 Å². The number of carboxylic acids is 1. The smallest absolute Gasteiger partial charge is 0.306 e. The lowest BCUT2D eigenvalue weighted by Crippen LogP contribution is -2.45. The van der Waals surface area contributed by atoms with Gasteiger partial charge in [0.05, 0.1) is 5.92 Å².